The van der Waals surface area contributed by atoms with Crippen LogP contribution in [0, 0.1) is 0 Å². The molecule has 1 saturated heterocycles. The summed E-state index contributed by atoms with van der Waals surface area (Å²) >= 11 is 0. The summed E-state index contributed by atoms with van der Waals surface area (Å²) in [5.41, 5.74) is 0. The molecule has 1 aliphatic rings. The Hall–Kier alpha value is -0.650. The Morgan fingerprint density at radius 2 is 2.27 bits per heavy atom. The molecule has 0 aromatic heterocycles. The van der Waals surface area contributed by atoms with Crippen LogP contribution in [0.4, 0.5) is 0 Å². The summed E-state index contributed by atoms with van der Waals surface area (Å²) in [6, 6.07) is 0.353. The van der Waals surface area contributed by atoms with Gasteiger partial charge in [-0.3, -0.25) is 4.79 Å². The zero-order valence-corrected chi connectivity index (χ0v) is 9.51. The monoisotopic (exact) mass is 215 g/mol. The number of rotatable bonds is 5. The number of piperazine rings is 1. The molecule has 1 aliphatic heterocycles. The fourth-order valence-corrected chi connectivity index (χ4v) is 1.52. The molecule has 0 aromatic rings. The maximum absolute atomic E-state index is 11.6. The van der Waals surface area contributed by atoms with Crippen molar-refractivity contribution in [3.63, 3.8) is 0 Å². The van der Waals surface area contributed by atoms with Crippen LogP contribution in [-0.2, 0) is 9.53 Å². The molecular weight excluding hydrogens is 194 g/mol. The molecule has 88 valence electrons. The number of carbonyl (C=O) groups excluding carboxylic acids is 1. The molecule has 0 aliphatic carbocycles. The number of hydrogen-bond donors (Lipinski definition) is 3. The molecule has 0 aromatic carbocycles. The Labute approximate surface area is 90.9 Å². The highest BCUT2D eigenvalue weighted by atomic mass is 16.5. The Kier molecular flexibility index (Phi) is 5.60. The van der Waals surface area contributed by atoms with Crippen molar-refractivity contribution in [2.45, 2.75) is 25.4 Å². The second-order valence-corrected chi connectivity index (χ2v) is 3.91. The summed E-state index contributed by atoms with van der Waals surface area (Å²) in [6.45, 7) is 5.02. The van der Waals surface area contributed by atoms with Crippen molar-refractivity contribution in [1.82, 2.24) is 16.0 Å². The van der Waals surface area contributed by atoms with E-state index in [1.54, 1.807) is 7.11 Å². The van der Waals surface area contributed by atoms with Crippen LogP contribution in [0.5, 0.6) is 0 Å². The Morgan fingerprint density at radius 3 is 2.87 bits per heavy atom. The first-order chi connectivity index (χ1) is 7.24. The summed E-state index contributed by atoms with van der Waals surface area (Å²) in [4.78, 5) is 11.6. The van der Waals surface area contributed by atoms with Gasteiger partial charge >= 0.3 is 0 Å². The van der Waals surface area contributed by atoms with Crippen LogP contribution in [0.3, 0.4) is 0 Å². The van der Waals surface area contributed by atoms with Gasteiger partial charge in [-0.1, -0.05) is 0 Å². The number of ether oxygens (including phenoxy) is 1. The number of nitrogens with one attached hydrogen (secondary N) is 3. The molecule has 1 fully saturated rings. The van der Waals surface area contributed by atoms with Gasteiger partial charge in [-0.25, -0.2) is 0 Å². The van der Waals surface area contributed by atoms with E-state index in [-0.39, 0.29) is 11.9 Å². The first-order valence-corrected chi connectivity index (χ1v) is 5.47. The first kappa shape index (κ1) is 12.4. The van der Waals surface area contributed by atoms with Gasteiger partial charge in [0.25, 0.3) is 0 Å². The molecule has 0 radical (unpaired) electrons. The number of amides is 1. The number of hydrogen-bond acceptors (Lipinski definition) is 4. The Bertz CT molecular complexity index is 191. The van der Waals surface area contributed by atoms with Crippen LogP contribution < -0.4 is 16.0 Å². The van der Waals surface area contributed by atoms with Gasteiger partial charge in [-0.2, -0.15) is 0 Å². The van der Waals surface area contributed by atoms with Gasteiger partial charge in [0.1, 0.15) is 0 Å². The maximum atomic E-state index is 11.6. The van der Waals surface area contributed by atoms with Crippen molar-refractivity contribution in [3.05, 3.63) is 0 Å². The van der Waals surface area contributed by atoms with Crippen molar-refractivity contribution < 1.29 is 9.53 Å². The first-order valence-electron chi connectivity index (χ1n) is 5.47. The highest BCUT2D eigenvalue weighted by Crippen LogP contribution is 1.93. The van der Waals surface area contributed by atoms with Crippen LogP contribution in [0.1, 0.15) is 13.3 Å². The van der Waals surface area contributed by atoms with E-state index in [9.17, 15) is 4.79 Å². The molecule has 0 bridgehead atoms. The Morgan fingerprint density at radius 1 is 1.47 bits per heavy atom. The highest BCUT2D eigenvalue weighted by Gasteiger charge is 2.22. The molecule has 5 nitrogen and oxygen atoms in total. The molecule has 5 heteroatoms. The average Bonchev–Trinajstić information content (AvgIpc) is 2.25. The topological polar surface area (TPSA) is 62.4 Å². The minimum Gasteiger partial charge on any atom is -0.385 e. The van der Waals surface area contributed by atoms with Crippen LogP contribution in [-0.4, -0.2) is 51.3 Å². The van der Waals surface area contributed by atoms with E-state index >= 15 is 0 Å². The molecule has 2 atom stereocenters. The fraction of sp³-hybridized carbons (Fsp3) is 0.900. The maximum Gasteiger partial charge on any atom is 0.238 e. The predicted octanol–water partition coefficient (Wildman–Crippen LogP) is -0.911. The normalized spacial score (nSPS) is 26.3. The van der Waals surface area contributed by atoms with Gasteiger partial charge in [0, 0.05) is 39.4 Å². The predicted molar refractivity (Wildman–Crippen MR) is 58.8 cm³/mol. The van der Waals surface area contributed by atoms with Gasteiger partial charge in [-0.05, 0) is 13.3 Å². The molecule has 2 unspecified atom stereocenters. The van der Waals surface area contributed by atoms with Gasteiger partial charge in [0.2, 0.25) is 5.91 Å². The summed E-state index contributed by atoms with van der Waals surface area (Å²) in [5.74, 6) is 0.0745. The smallest absolute Gasteiger partial charge is 0.238 e. The third-order valence-corrected chi connectivity index (χ3v) is 2.48. The minimum absolute atomic E-state index is 0.0745. The Balaban J connectivity index is 2.11. The van der Waals surface area contributed by atoms with Crippen LogP contribution in [0.15, 0.2) is 0 Å². The van der Waals surface area contributed by atoms with Gasteiger partial charge in [0.05, 0.1) is 6.04 Å². The molecule has 0 saturated carbocycles. The molecule has 3 N–H and O–H groups in total. The van der Waals surface area contributed by atoms with Gasteiger partial charge in [-0.15, -0.1) is 0 Å². The van der Waals surface area contributed by atoms with Crippen molar-refractivity contribution in [3.8, 4) is 0 Å². The number of methoxy groups -OCH3 is 1. The van der Waals surface area contributed by atoms with Crippen molar-refractivity contribution in [2.75, 3.05) is 33.4 Å². The average molecular weight is 215 g/mol. The third kappa shape index (κ3) is 4.59. The quantitative estimate of drug-likeness (QED) is 0.520. The third-order valence-electron chi connectivity index (χ3n) is 2.48. The summed E-state index contributed by atoms with van der Waals surface area (Å²) < 4.78 is 4.90. The van der Waals surface area contributed by atoms with E-state index < -0.39 is 0 Å². The zero-order chi connectivity index (χ0) is 11.1. The van der Waals surface area contributed by atoms with E-state index in [1.807, 2.05) is 0 Å². The number of carbonyl (C=O) groups is 1. The standard InChI is InChI=1S/C10H21N3O2/c1-8-6-13-9(7-12-8)10(14)11-4-3-5-15-2/h8-9,12-13H,3-7H2,1-2H3,(H,11,14). The molecular formula is C10H21N3O2. The van der Waals surface area contributed by atoms with Crippen LogP contribution in [0.2, 0.25) is 0 Å². The van der Waals surface area contributed by atoms with Gasteiger partial charge < -0.3 is 20.7 Å². The van der Waals surface area contributed by atoms with Crippen molar-refractivity contribution >= 4 is 5.91 Å². The summed E-state index contributed by atoms with van der Waals surface area (Å²) in [6.07, 6.45) is 0.860. The van der Waals surface area contributed by atoms with E-state index in [4.69, 9.17) is 4.74 Å². The highest BCUT2D eigenvalue weighted by molar-refractivity contribution is 5.82. The van der Waals surface area contributed by atoms with E-state index in [1.165, 1.54) is 0 Å². The largest absolute Gasteiger partial charge is 0.385 e. The molecule has 1 rings (SSSR count). The minimum atomic E-state index is -0.0938. The van der Waals surface area contributed by atoms with E-state index in [2.05, 4.69) is 22.9 Å². The van der Waals surface area contributed by atoms with E-state index in [0.717, 1.165) is 13.0 Å². The SMILES string of the molecule is COCCCNC(=O)C1CNC(C)CN1. The lowest BCUT2D eigenvalue weighted by Gasteiger charge is -2.28. The lowest BCUT2D eigenvalue weighted by Crippen LogP contribution is -2.58. The molecule has 15 heavy (non-hydrogen) atoms. The fourth-order valence-electron chi connectivity index (χ4n) is 1.52. The van der Waals surface area contributed by atoms with E-state index in [0.29, 0.717) is 25.7 Å². The zero-order valence-electron chi connectivity index (χ0n) is 9.51. The van der Waals surface area contributed by atoms with Crippen LogP contribution >= 0.6 is 0 Å². The molecule has 1 amide bonds. The summed E-state index contributed by atoms with van der Waals surface area (Å²) in [5, 5.41) is 9.35. The molecule has 1 heterocycles. The summed E-state index contributed by atoms with van der Waals surface area (Å²) in [7, 11) is 1.66. The lowest BCUT2D eigenvalue weighted by atomic mass is 10.1. The second kappa shape index (κ2) is 6.76. The van der Waals surface area contributed by atoms with Crippen molar-refractivity contribution in [2.24, 2.45) is 0 Å². The van der Waals surface area contributed by atoms with Crippen LogP contribution in [0.25, 0.3) is 0 Å². The second-order valence-electron chi connectivity index (χ2n) is 3.91. The molecule has 0 spiro atoms. The van der Waals surface area contributed by atoms with Gasteiger partial charge in [0.15, 0.2) is 0 Å². The van der Waals surface area contributed by atoms with Crippen molar-refractivity contribution in [1.29, 1.82) is 0 Å². The lowest BCUT2D eigenvalue weighted by molar-refractivity contribution is -0.123.